The molecule has 1 aliphatic heterocycles. The summed E-state index contributed by atoms with van der Waals surface area (Å²) in [6.45, 7) is 3.15. The van der Waals surface area contributed by atoms with E-state index in [2.05, 4.69) is 0 Å². The van der Waals surface area contributed by atoms with Crippen molar-refractivity contribution < 1.29 is 24.2 Å². The lowest BCUT2D eigenvalue weighted by Gasteiger charge is -2.30. The molecule has 1 fully saturated rings. The first-order valence-corrected chi connectivity index (χ1v) is 8.72. The smallest absolute Gasteiger partial charge is 0.407 e. The van der Waals surface area contributed by atoms with Gasteiger partial charge in [0.1, 0.15) is 0 Å². The molecular weight excluding hydrogens is 338 g/mol. The number of benzene rings is 1. The highest BCUT2D eigenvalue weighted by molar-refractivity contribution is 5.91. The molecule has 1 aromatic carbocycles. The van der Waals surface area contributed by atoms with Gasteiger partial charge in [-0.25, -0.2) is 9.59 Å². The van der Waals surface area contributed by atoms with Gasteiger partial charge in [-0.15, -0.1) is 0 Å². The van der Waals surface area contributed by atoms with E-state index in [-0.39, 0.29) is 24.9 Å². The predicted molar refractivity (Wildman–Crippen MR) is 96.2 cm³/mol. The Balaban J connectivity index is 2.07. The van der Waals surface area contributed by atoms with E-state index in [0.29, 0.717) is 25.4 Å². The van der Waals surface area contributed by atoms with Gasteiger partial charge in [0.2, 0.25) is 0 Å². The number of carboxylic acid groups (broad SMARTS) is 1. The van der Waals surface area contributed by atoms with Gasteiger partial charge in [-0.05, 0) is 43.4 Å². The van der Waals surface area contributed by atoms with Crippen LogP contribution >= 0.6 is 0 Å². The summed E-state index contributed by atoms with van der Waals surface area (Å²) in [5.74, 6) is -0.152. The van der Waals surface area contributed by atoms with Crippen LogP contribution in [0.3, 0.4) is 0 Å². The van der Waals surface area contributed by atoms with Crippen molar-refractivity contribution in [1.82, 2.24) is 4.90 Å². The molecule has 8 heteroatoms. The van der Waals surface area contributed by atoms with Crippen LogP contribution in [0, 0.1) is 0 Å². The average Bonchev–Trinajstić information content (AvgIpc) is 2.62. The summed E-state index contributed by atoms with van der Waals surface area (Å²) in [6.07, 6.45) is 0.638. The summed E-state index contributed by atoms with van der Waals surface area (Å²) < 4.78 is 4.89. The maximum Gasteiger partial charge on any atom is 0.407 e. The third kappa shape index (κ3) is 5.11. The van der Waals surface area contributed by atoms with Crippen LogP contribution in [0.4, 0.5) is 15.3 Å². The molecule has 142 valence electrons. The molecule has 0 spiro atoms. The molecule has 0 aromatic heterocycles. The van der Waals surface area contributed by atoms with Crippen LogP contribution in [0.5, 0.6) is 0 Å². The van der Waals surface area contributed by atoms with Crippen molar-refractivity contribution in [3.05, 3.63) is 29.8 Å². The summed E-state index contributed by atoms with van der Waals surface area (Å²) in [6, 6.07) is 6.83. The zero-order valence-electron chi connectivity index (χ0n) is 14.9. The van der Waals surface area contributed by atoms with Crippen molar-refractivity contribution in [2.75, 3.05) is 31.1 Å². The molecule has 1 aromatic rings. The lowest BCUT2D eigenvalue weighted by molar-refractivity contribution is -0.142. The Kier molecular flexibility index (Phi) is 6.82. The molecule has 1 aliphatic rings. The first kappa shape index (κ1) is 19.6. The van der Waals surface area contributed by atoms with E-state index in [4.69, 9.17) is 15.6 Å². The fourth-order valence-corrected chi connectivity index (χ4v) is 3.15. The lowest BCUT2D eigenvalue weighted by atomic mass is 9.89. The van der Waals surface area contributed by atoms with Gasteiger partial charge >= 0.3 is 18.1 Å². The molecule has 0 saturated carbocycles. The van der Waals surface area contributed by atoms with Crippen molar-refractivity contribution in [3.63, 3.8) is 0 Å². The maximum absolute atomic E-state index is 11.8. The van der Waals surface area contributed by atoms with E-state index >= 15 is 0 Å². The van der Waals surface area contributed by atoms with Crippen molar-refractivity contribution in [2.45, 2.75) is 32.1 Å². The highest BCUT2D eigenvalue weighted by Gasteiger charge is 2.24. The number of nitrogens with zero attached hydrogens (tertiary/aromatic N) is 2. The Labute approximate surface area is 152 Å². The number of primary amides is 1. The van der Waals surface area contributed by atoms with E-state index in [1.54, 1.807) is 13.0 Å². The Hall–Kier alpha value is -2.77. The van der Waals surface area contributed by atoms with E-state index in [1.807, 2.05) is 18.2 Å². The van der Waals surface area contributed by atoms with E-state index < -0.39 is 12.1 Å². The van der Waals surface area contributed by atoms with E-state index in [0.717, 1.165) is 18.4 Å². The van der Waals surface area contributed by atoms with E-state index in [9.17, 15) is 14.4 Å². The highest BCUT2D eigenvalue weighted by atomic mass is 16.5. The van der Waals surface area contributed by atoms with Crippen LogP contribution in [0.1, 0.15) is 37.7 Å². The van der Waals surface area contributed by atoms with Crippen LogP contribution in [0.15, 0.2) is 24.3 Å². The molecule has 1 heterocycles. The Bertz CT molecular complexity index is 656. The van der Waals surface area contributed by atoms with Crippen molar-refractivity contribution >= 4 is 23.8 Å². The number of carbonyl (C=O) groups is 3. The highest BCUT2D eigenvalue weighted by Crippen LogP contribution is 2.30. The topological polar surface area (TPSA) is 113 Å². The fraction of sp³-hybridized carbons (Fsp3) is 0.500. The zero-order valence-corrected chi connectivity index (χ0v) is 14.9. The number of hydrogen-bond donors (Lipinski definition) is 2. The van der Waals surface area contributed by atoms with Crippen LogP contribution in [-0.4, -0.2) is 54.3 Å². The molecule has 8 nitrogen and oxygen atoms in total. The number of urea groups is 1. The van der Waals surface area contributed by atoms with Crippen LogP contribution < -0.4 is 10.6 Å². The Morgan fingerprint density at radius 2 is 2.00 bits per heavy atom. The Morgan fingerprint density at radius 1 is 1.31 bits per heavy atom. The lowest BCUT2D eigenvalue weighted by Crippen LogP contribution is -2.38. The summed E-state index contributed by atoms with van der Waals surface area (Å²) in [7, 11) is 0. The van der Waals surface area contributed by atoms with Gasteiger partial charge in [0.25, 0.3) is 0 Å². The molecule has 0 radical (unpaired) electrons. The minimum Gasteiger partial charge on any atom is -0.466 e. The molecule has 0 unspecified atom stereocenters. The number of esters is 1. The molecular formula is C18H25N3O5. The van der Waals surface area contributed by atoms with Gasteiger partial charge in [-0.3, -0.25) is 9.69 Å². The first-order valence-electron chi connectivity index (χ1n) is 8.72. The van der Waals surface area contributed by atoms with Gasteiger partial charge < -0.3 is 20.5 Å². The summed E-state index contributed by atoms with van der Waals surface area (Å²) in [5, 5.41) is 9.05. The third-order valence-electron chi connectivity index (χ3n) is 4.53. The van der Waals surface area contributed by atoms with Gasteiger partial charge in [-0.2, -0.15) is 0 Å². The molecule has 2 rings (SSSR count). The molecule has 0 atom stereocenters. The average molecular weight is 363 g/mol. The normalized spacial score (nSPS) is 14.7. The van der Waals surface area contributed by atoms with Crippen LogP contribution in [0.25, 0.3) is 0 Å². The molecule has 0 aliphatic carbocycles. The molecule has 26 heavy (non-hydrogen) atoms. The van der Waals surface area contributed by atoms with Gasteiger partial charge in [0, 0.05) is 25.3 Å². The fourth-order valence-electron chi connectivity index (χ4n) is 3.15. The number of anilines is 1. The first-order chi connectivity index (χ1) is 12.4. The number of amides is 3. The molecule has 3 N–H and O–H groups in total. The molecule has 3 amide bonds. The minimum atomic E-state index is -0.893. The number of carbonyl (C=O) groups excluding carboxylic acids is 2. The second-order valence-electron chi connectivity index (χ2n) is 6.18. The minimum absolute atomic E-state index is 0.0675. The molecule has 1 saturated heterocycles. The number of piperidine rings is 1. The number of nitrogens with two attached hydrogens (primary N) is 1. The quantitative estimate of drug-likeness (QED) is 0.753. The largest absolute Gasteiger partial charge is 0.466 e. The SMILES string of the molecule is CCOC(=O)CCN(C(N)=O)c1cccc(C2CCN(C(=O)O)CC2)c1. The number of hydrogen-bond acceptors (Lipinski definition) is 4. The standard InChI is InChI=1S/C18H25N3O5/c1-2-26-16(22)8-11-21(17(19)23)15-5-3-4-14(12-15)13-6-9-20(10-7-13)18(24)25/h3-5,12-13H,2,6-11H2,1H3,(H2,19,23)(H,24,25). The molecule has 0 bridgehead atoms. The predicted octanol–water partition coefficient (Wildman–Crippen LogP) is 2.38. The Morgan fingerprint density at radius 3 is 2.58 bits per heavy atom. The van der Waals surface area contributed by atoms with Gasteiger partial charge in [-0.1, -0.05) is 12.1 Å². The second kappa shape index (κ2) is 9.07. The van der Waals surface area contributed by atoms with Crippen molar-refractivity contribution in [3.8, 4) is 0 Å². The number of rotatable bonds is 6. The summed E-state index contributed by atoms with van der Waals surface area (Å²) in [4.78, 5) is 37.1. The summed E-state index contributed by atoms with van der Waals surface area (Å²) in [5.41, 5.74) is 7.13. The van der Waals surface area contributed by atoms with Crippen LogP contribution in [-0.2, 0) is 9.53 Å². The van der Waals surface area contributed by atoms with Crippen LogP contribution in [0.2, 0.25) is 0 Å². The summed E-state index contributed by atoms with van der Waals surface area (Å²) >= 11 is 0. The second-order valence-corrected chi connectivity index (χ2v) is 6.18. The van der Waals surface area contributed by atoms with E-state index in [1.165, 1.54) is 9.80 Å². The zero-order chi connectivity index (χ0) is 19.1. The van der Waals surface area contributed by atoms with Gasteiger partial charge in [0.15, 0.2) is 0 Å². The van der Waals surface area contributed by atoms with Crippen molar-refractivity contribution in [2.24, 2.45) is 5.73 Å². The third-order valence-corrected chi connectivity index (χ3v) is 4.53. The monoisotopic (exact) mass is 363 g/mol. The number of likely N-dealkylation sites (tertiary alicyclic amines) is 1. The number of ether oxygens (including phenoxy) is 1. The van der Waals surface area contributed by atoms with Crippen molar-refractivity contribution in [1.29, 1.82) is 0 Å². The maximum atomic E-state index is 11.8. The van der Waals surface area contributed by atoms with Gasteiger partial charge in [0.05, 0.1) is 13.0 Å².